The van der Waals surface area contributed by atoms with Crippen molar-refractivity contribution in [2.75, 3.05) is 20.2 Å². The molecular formula is C11H19NO5. The van der Waals surface area contributed by atoms with Crippen molar-refractivity contribution in [3.63, 3.8) is 0 Å². The second-order valence-electron chi connectivity index (χ2n) is 3.62. The Balaban J connectivity index is 3.74. The van der Waals surface area contributed by atoms with E-state index < -0.39 is 5.97 Å². The Morgan fingerprint density at radius 2 is 1.82 bits per heavy atom. The van der Waals surface area contributed by atoms with Gasteiger partial charge >= 0.3 is 11.9 Å². The van der Waals surface area contributed by atoms with Gasteiger partial charge in [-0.3, -0.25) is 14.4 Å². The SMILES string of the molecule is CCOC(=O)CCN(C)C(=O)CCCC(=O)O. The zero-order valence-corrected chi connectivity index (χ0v) is 10.3. The van der Waals surface area contributed by atoms with Gasteiger partial charge in [0.25, 0.3) is 0 Å². The van der Waals surface area contributed by atoms with Gasteiger partial charge in [0.05, 0.1) is 13.0 Å². The van der Waals surface area contributed by atoms with Crippen LogP contribution in [0.2, 0.25) is 0 Å². The third kappa shape index (κ3) is 8.24. The lowest BCUT2D eigenvalue weighted by atomic mass is 10.2. The first-order valence-corrected chi connectivity index (χ1v) is 5.58. The maximum Gasteiger partial charge on any atom is 0.307 e. The van der Waals surface area contributed by atoms with Crippen molar-refractivity contribution in [2.45, 2.75) is 32.6 Å². The first-order chi connectivity index (χ1) is 7.97. The monoisotopic (exact) mass is 245 g/mol. The number of carbonyl (C=O) groups excluding carboxylic acids is 2. The number of hydrogen-bond donors (Lipinski definition) is 1. The van der Waals surface area contributed by atoms with E-state index in [1.54, 1.807) is 14.0 Å². The molecule has 0 bridgehead atoms. The minimum absolute atomic E-state index is 0.0164. The smallest absolute Gasteiger partial charge is 0.307 e. The molecule has 0 saturated carbocycles. The van der Waals surface area contributed by atoms with Crippen molar-refractivity contribution in [2.24, 2.45) is 0 Å². The second kappa shape index (κ2) is 8.55. The summed E-state index contributed by atoms with van der Waals surface area (Å²) in [5, 5.41) is 8.41. The summed E-state index contributed by atoms with van der Waals surface area (Å²) in [6.07, 6.45) is 0.649. The van der Waals surface area contributed by atoms with Gasteiger partial charge in [-0.2, -0.15) is 0 Å². The molecule has 0 radical (unpaired) electrons. The minimum atomic E-state index is -0.910. The molecule has 0 aromatic heterocycles. The number of carboxylic acids is 1. The Bertz CT molecular complexity index is 277. The Morgan fingerprint density at radius 1 is 1.18 bits per heavy atom. The van der Waals surface area contributed by atoms with Gasteiger partial charge in [0.15, 0.2) is 0 Å². The van der Waals surface area contributed by atoms with Crippen LogP contribution in [0.4, 0.5) is 0 Å². The van der Waals surface area contributed by atoms with E-state index in [9.17, 15) is 14.4 Å². The largest absolute Gasteiger partial charge is 0.481 e. The zero-order valence-electron chi connectivity index (χ0n) is 10.3. The predicted molar refractivity (Wildman–Crippen MR) is 60.4 cm³/mol. The fourth-order valence-corrected chi connectivity index (χ4v) is 1.20. The molecule has 0 rings (SSSR count). The number of nitrogens with zero attached hydrogens (tertiary/aromatic N) is 1. The summed E-state index contributed by atoms with van der Waals surface area (Å²) in [6.45, 7) is 2.35. The lowest BCUT2D eigenvalue weighted by Crippen LogP contribution is -2.29. The fraction of sp³-hybridized carbons (Fsp3) is 0.727. The van der Waals surface area contributed by atoms with Crippen molar-refractivity contribution in [1.29, 1.82) is 0 Å². The van der Waals surface area contributed by atoms with Gasteiger partial charge in [-0.05, 0) is 13.3 Å². The second-order valence-corrected chi connectivity index (χ2v) is 3.62. The molecule has 98 valence electrons. The van der Waals surface area contributed by atoms with Crippen LogP contribution in [0.5, 0.6) is 0 Å². The summed E-state index contributed by atoms with van der Waals surface area (Å²) >= 11 is 0. The van der Waals surface area contributed by atoms with Gasteiger partial charge in [0, 0.05) is 26.4 Å². The molecule has 0 aliphatic heterocycles. The molecule has 0 aliphatic carbocycles. The maximum atomic E-state index is 11.5. The fourth-order valence-electron chi connectivity index (χ4n) is 1.20. The molecule has 17 heavy (non-hydrogen) atoms. The summed E-state index contributed by atoms with van der Waals surface area (Å²) in [7, 11) is 1.59. The van der Waals surface area contributed by atoms with Crippen molar-refractivity contribution >= 4 is 17.8 Å². The highest BCUT2D eigenvalue weighted by atomic mass is 16.5. The highest BCUT2D eigenvalue weighted by Gasteiger charge is 2.11. The number of carboxylic acid groups (broad SMARTS) is 1. The molecule has 0 spiro atoms. The van der Waals surface area contributed by atoms with Crippen LogP contribution in [-0.2, 0) is 19.1 Å². The first kappa shape index (κ1) is 15.4. The lowest BCUT2D eigenvalue weighted by Gasteiger charge is -2.16. The molecule has 0 fully saturated rings. The average molecular weight is 245 g/mol. The third-order valence-electron chi connectivity index (χ3n) is 2.16. The van der Waals surface area contributed by atoms with Crippen LogP contribution in [0.25, 0.3) is 0 Å². The summed E-state index contributed by atoms with van der Waals surface area (Å²) in [4.78, 5) is 34.2. The van der Waals surface area contributed by atoms with Crippen molar-refractivity contribution in [3.8, 4) is 0 Å². The maximum absolute atomic E-state index is 11.5. The topological polar surface area (TPSA) is 83.9 Å². The number of ether oxygens (including phenoxy) is 1. The number of carbonyl (C=O) groups is 3. The van der Waals surface area contributed by atoms with Gasteiger partial charge in [0.2, 0.25) is 5.91 Å². The van der Waals surface area contributed by atoms with E-state index in [2.05, 4.69) is 0 Å². The van der Waals surface area contributed by atoms with Gasteiger partial charge < -0.3 is 14.7 Å². The molecule has 6 heteroatoms. The molecule has 0 aromatic rings. The van der Waals surface area contributed by atoms with Gasteiger partial charge in [0.1, 0.15) is 0 Å². The highest BCUT2D eigenvalue weighted by Crippen LogP contribution is 2.01. The normalized spacial score (nSPS) is 9.76. The van der Waals surface area contributed by atoms with Gasteiger partial charge in [-0.25, -0.2) is 0 Å². The molecule has 0 saturated heterocycles. The van der Waals surface area contributed by atoms with E-state index in [0.29, 0.717) is 19.6 Å². The molecule has 0 heterocycles. The van der Waals surface area contributed by atoms with Crippen molar-refractivity contribution in [3.05, 3.63) is 0 Å². The van der Waals surface area contributed by atoms with Crippen LogP contribution in [0.1, 0.15) is 32.6 Å². The van der Waals surface area contributed by atoms with E-state index in [1.165, 1.54) is 4.90 Å². The summed E-state index contributed by atoms with van der Waals surface area (Å²) < 4.78 is 4.73. The van der Waals surface area contributed by atoms with Crippen LogP contribution in [-0.4, -0.2) is 48.1 Å². The zero-order chi connectivity index (χ0) is 13.3. The molecule has 1 N–H and O–H groups in total. The van der Waals surface area contributed by atoms with Crippen LogP contribution in [0.3, 0.4) is 0 Å². The van der Waals surface area contributed by atoms with E-state index in [-0.39, 0.29) is 31.1 Å². The molecule has 0 atom stereocenters. The highest BCUT2D eigenvalue weighted by molar-refractivity contribution is 5.77. The van der Waals surface area contributed by atoms with E-state index >= 15 is 0 Å². The third-order valence-corrected chi connectivity index (χ3v) is 2.16. The molecule has 6 nitrogen and oxygen atoms in total. The number of esters is 1. The number of hydrogen-bond acceptors (Lipinski definition) is 4. The quantitative estimate of drug-likeness (QED) is 0.635. The Labute approximate surface area is 101 Å². The van der Waals surface area contributed by atoms with Crippen molar-refractivity contribution in [1.82, 2.24) is 4.90 Å². The molecular weight excluding hydrogens is 226 g/mol. The Hall–Kier alpha value is -1.59. The van der Waals surface area contributed by atoms with Gasteiger partial charge in [-0.1, -0.05) is 0 Å². The molecule has 0 aromatic carbocycles. The summed E-state index contributed by atoms with van der Waals surface area (Å²) in [5.74, 6) is -1.40. The first-order valence-electron chi connectivity index (χ1n) is 5.58. The van der Waals surface area contributed by atoms with E-state index in [0.717, 1.165) is 0 Å². The summed E-state index contributed by atoms with van der Waals surface area (Å²) in [5.41, 5.74) is 0. The molecule has 1 amide bonds. The minimum Gasteiger partial charge on any atom is -0.481 e. The van der Waals surface area contributed by atoms with Crippen LogP contribution >= 0.6 is 0 Å². The number of amides is 1. The summed E-state index contributed by atoms with van der Waals surface area (Å²) in [6, 6.07) is 0. The average Bonchev–Trinajstić information content (AvgIpc) is 2.25. The van der Waals surface area contributed by atoms with Gasteiger partial charge in [-0.15, -0.1) is 0 Å². The number of rotatable bonds is 8. The predicted octanol–water partition coefficient (Wildman–Crippen LogP) is 0.653. The Morgan fingerprint density at radius 3 is 2.35 bits per heavy atom. The van der Waals surface area contributed by atoms with Crippen molar-refractivity contribution < 1.29 is 24.2 Å². The standard InChI is InChI=1S/C11H19NO5/c1-3-17-11(16)7-8-12(2)9(13)5-4-6-10(14)15/h3-8H2,1-2H3,(H,14,15). The van der Waals surface area contributed by atoms with Crippen LogP contribution in [0, 0.1) is 0 Å². The Kier molecular flexibility index (Phi) is 7.75. The molecule has 0 aliphatic rings. The van der Waals surface area contributed by atoms with E-state index in [4.69, 9.17) is 9.84 Å². The molecule has 0 unspecified atom stereocenters. The van der Waals surface area contributed by atoms with E-state index in [1.807, 2.05) is 0 Å². The van der Waals surface area contributed by atoms with Crippen LogP contribution < -0.4 is 0 Å². The number of aliphatic carboxylic acids is 1. The lowest BCUT2D eigenvalue weighted by molar-refractivity contribution is -0.143. The van der Waals surface area contributed by atoms with Crippen LogP contribution in [0.15, 0.2) is 0 Å².